The second-order valence-corrected chi connectivity index (χ2v) is 2.53. The lowest BCUT2D eigenvalue weighted by Gasteiger charge is -1.94. The largest absolute Gasteiger partial charge is 0.397 e. The van der Waals surface area contributed by atoms with Crippen molar-refractivity contribution >= 4 is 16.6 Å². The summed E-state index contributed by atoms with van der Waals surface area (Å²) in [6.07, 6.45) is 1.44. The number of benzene rings is 1. The first-order chi connectivity index (χ1) is 5.70. The van der Waals surface area contributed by atoms with E-state index < -0.39 is 11.6 Å². The van der Waals surface area contributed by atoms with Crippen LogP contribution in [0.2, 0.25) is 0 Å². The van der Waals surface area contributed by atoms with E-state index in [0.29, 0.717) is 5.52 Å². The molecule has 0 atom stereocenters. The van der Waals surface area contributed by atoms with Crippen LogP contribution in [0.4, 0.5) is 14.5 Å². The summed E-state index contributed by atoms with van der Waals surface area (Å²) in [4.78, 5) is 2.72. The fourth-order valence-electron chi connectivity index (χ4n) is 1.18. The van der Waals surface area contributed by atoms with Crippen molar-refractivity contribution in [3.8, 4) is 0 Å². The molecule has 1 heterocycles. The van der Waals surface area contributed by atoms with E-state index in [1.165, 1.54) is 12.3 Å². The number of hydrogen-bond acceptors (Lipinski definition) is 1. The minimum absolute atomic E-state index is 0.120. The third-order valence-corrected chi connectivity index (χ3v) is 1.77. The van der Waals surface area contributed by atoms with Crippen LogP contribution in [0.25, 0.3) is 10.9 Å². The molecular formula is C8H6F2N2. The molecule has 0 amide bonds. The number of fused-ring (bicyclic) bond motifs is 1. The molecule has 0 unspecified atom stereocenters. The topological polar surface area (TPSA) is 41.8 Å². The van der Waals surface area contributed by atoms with E-state index in [0.717, 1.165) is 6.07 Å². The van der Waals surface area contributed by atoms with Crippen LogP contribution in [0.3, 0.4) is 0 Å². The Hall–Kier alpha value is -1.58. The molecule has 0 saturated heterocycles. The number of aromatic nitrogens is 1. The van der Waals surface area contributed by atoms with Gasteiger partial charge < -0.3 is 10.7 Å². The predicted octanol–water partition coefficient (Wildman–Crippen LogP) is 2.03. The zero-order chi connectivity index (χ0) is 8.72. The number of hydrogen-bond donors (Lipinski definition) is 2. The molecule has 2 nitrogen and oxygen atoms in total. The predicted molar refractivity (Wildman–Crippen MR) is 42.6 cm³/mol. The van der Waals surface area contributed by atoms with Crippen LogP contribution in [0, 0.1) is 11.6 Å². The molecule has 0 aliphatic carbocycles. The first kappa shape index (κ1) is 7.09. The summed E-state index contributed by atoms with van der Waals surface area (Å²) < 4.78 is 25.7. The summed E-state index contributed by atoms with van der Waals surface area (Å²) in [6, 6.07) is 2.51. The molecule has 0 radical (unpaired) electrons. The lowest BCUT2D eigenvalue weighted by atomic mass is 10.2. The summed E-state index contributed by atoms with van der Waals surface area (Å²) in [5.41, 5.74) is 6.14. The van der Waals surface area contributed by atoms with Gasteiger partial charge in [-0.2, -0.15) is 0 Å². The van der Waals surface area contributed by atoms with Crippen molar-refractivity contribution < 1.29 is 8.78 Å². The van der Waals surface area contributed by atoms with Crippen LogP contribution in [0.15, 0.2) is 18.3 Å². The Balaban J connectivity index is 2.96. The lowest BCUT2D eigenvalue weighted by Crippen LogP contribution is -1.87. The second kappa shape index (κ2) is 2.20. The van der Waals surface area contributed by atoms with E-state index in [1.807, 2.05) is 0 Å². The summed E-state index contributed by atoms with van der Waals surface area (Å²) in [5, 5.41) is 0.120. The van der Waals surface area contributed by atoms with Gasteiger partial charge in [-0.1, -0.05) is 0 Å². The number of nitrogen functional groups attached to an aromatic ring is 1. The Bertz CT molecular complexity index is 434. The van der Waals surface area contributed by atoms with Gasteiger partial charge in [0.1, 0.15) is 0 Å². The summed E-state index contributed by atoms with van der Waals surface area (Å²) >= 11 is 0. The quantitative estimate of drug-likeness (QED) is 0.620. The third kappa shape index (κ3) is 0.777. The van der Waals surface area contributed by atoms with E-state index in [-0.39, 0.29) is 11.1 Å². The Morgan fingerprint density at radius 3 is 2.75 bits per heavy atom. The van der Waals surface area contributed by atoms with Crippen LogP contribution in [-0.4, -0.2) is 4.98 Å². The standard InChI is InChI=1S/C8H6F2N2/c9-4-1-2-6-7(8(4)10)5(11)3-12-6/h1-3,12H,11H2. The Kier molecular flexibility index (Phi) is 1.30. The lowest BCUT2D eigenvalue weighted by molar-refractivity contribution is 0.517. The number of halogens is 2. The molecule has 0 saturated carbocycles. The number of rotatable bonds is 0. The van der Waals surface area contributed by atoms with E-state index in [9.17, 15) is 8.78 Å². The highest BCUT2D eigenvalue weighted by Gasteiger charge is 2.10. The van der Waals surface area contributed by atoms with Crippen LogP contribution < -0.4 is 5.73 Å². The van der Waals surface area contributed by atoms with E-state index in [4.69, 9.17) is 5.73 Å². The van der Waals surface area contributed by atoms with Crippen molar-refractivity contribution in [3.05, 3.63) is 30.0 Å². The molecule has 0 spiro atoms. The van der Waals surface area contributed by atoms with Gasteiger partial charge in [0.25, 0.3) is 0 Å². The first-order valence-electron chi connectivity index (χ1n) is 3.40. The molecule has 12 heavy (non-hydrogen) atoms. The molecule has 2 rings (SSSR count). The summed E-state index contributed by atoms with van der Waals surface area (Å²) in [6.45, 7) is 0. The monoisotopic (exact) mass is 168 g/mol. The number of aromatic amines is 1. The Morgan fingerprint density at radius 2 is 2.00 bits per heavy atom. The minimum Gasteiger partial charge on any atom is -0.397 e. The van der Waals surface area contributed by atoms with Gasteiger partial charge in [-0.05, 0) is 12.1 Å². The molecule has 3 N–H and O–H groups in total. The molecule has 1 aromatic heterocycles. The second-order valence-electron chi connectivity index (χ2n) is 2.53. The highest BCUT2D eigenvalue weighted by atomic mass is 19.2. The number of nitrogens with one attached hydrogen (secondary N) is 1. The van der Waals surface area contributed by atoms with Gasteiger partial charge >= 0.3 is 0 Å². The van der Waals surface area contributed by atoms with Gasteiger partial charge in [0, 0.05) is 6.20 Å². The van der Waals surface area contributed by atoms with E-state index in [1.54, 1.807) is 0 Å². The van der Waals surface area contributed by atoms with Gasteiger partial charge in [-0.25, -0.2) is 8.78 Å². The molecule has 0 fully saturated rings. The van der Waals surface area contributed by atoms with Crippen LogP contribution in [0.5, 0.6) is 0 Å². The van der Waals surface area contributed by atoms with Crippen molar-refractivity contribution in [2.24, 2.45) is 0 Å². The van der Waals surface area contributed by atoms with E-state index >= 15 is 0 Å². The van der Waals surface area contributed by atoms with Gasteiger partial charge in [0.2, 0.25) is 0 Å². The van der Waals surface area contributed by atoms with E-state index in [2.05, 4.69) is 4.98 Å². The fourth-order valence-corrected chi connectivity index (χ4v) is 1.18. The van der Waals surface area contributed by atoms with Gasteiger partial charge in [0.15, 0.2) is 11.6 Å². The van der Waals surface area contributed by atoms with Crippen LogP contribution in [0.1, 0.15) is 0 Å². The van der Waals surface area contributed by atoms with Gasteiger partial charge in [-0.15, -0.1) is 0 Å². The average molecular weight is 168 g/mol. The molecule has 0 aliphatic heterocycles. The molecule has 4 heteroatoms. The van der Waals surface area contributed by atoms with Crippen LogP contribution >= 0.6 is 0 Å². The van der Waals surface area contributed by atoms with Gasteiger partial charge in [0.05, 0.1) is 16.6 Å². The summed E-state index contributed by atoms with van der Waals surface area (Å²) in [7, 11) is 0. The Labute approximate surface area is 67.0 Å². The Morgan fingerprint density at radius 1 is 1.25 bits per heavy atom. The van der Waals surface area contributed by atoms with Crippen molar-refractivity contribution in [1.29, 1.82) is 0 Å². The highest BCUT2D eigenvalue weighted by molar-refractivity contribution is 5.91. The molecule has 0 bridgehead atoms. The number of anilines is 1. The molecule has 2 aromatic rings. The van der Waals surface area contributed by atoms with Crippen molar-refractivity contribution in [3.63, 3.8) is 0 Å². The average Bonchev–Trinajstić information content (AvgIpc) is 2.41. The molecule has 62 valence electrons. The maximum atomic E-state index is 13.0. The third-order valence-electron chi connectivity index (χ3n) is 1.77. The van der Waals surface area contributed by atoms with Crippen LogP contribution in [-0.2, 0) is 0 Å². The first-order valence-corrected chi connectivity index (χ1v) is 3.40. The van der Waals surface area contributed by atoms with Crippen molar-refractivity contribution in [1.82, 2.24) is 4.98 Å². The van der Waals surface area contributed by atoms with Crippen molar-refractivity contribution in [2.75, 3.05) is 5.73 Å². The zero-order valence-electron chi connectivity index (χ0n) is 6.07. The smallest absolute Gasteiger partial charge is 0.170 e. The zero-order valence-corrected chi connectivity index (χ0v) is 6.07. The normalized spacial score (nSPS) is 10.8. The fraction of sp³-hybridized carbons (Fsp3) is 0. The minimum atomic E-state index is -0.897. The maximum Gasteiger partial charge on any atom is 0.170 e. The summed E-state index contributed by atoms with van der Waals surface area (Å²) in [5.74, 6) is -1.78. The maximum absolute atomic E-state index is 13.0. The number of H-pyrrole nitrogens is 1. The molecule has 0 aliphatic rings. The van der Waals surface area contributed by atoms with Crippen molar-refractivity contribution in [2.45, 2.75) is 0 Å². The molecule has 1 aromatic carbocycles. The number of nitrogens with two attached hydrogens (primary N) is 1. The van der Waals surface area contributed by atoms with Gasteiger partial charge in [-0.3, -0.25) is 0 Å². The SMILES string of the molecule is Nc1c[nH]c2ccc(F)c(F)c12. The molecular weight excluding hydrogens is 162 g/mol. The highest BCUT2D eigenvalue weighted by Crippen LogP contribution is 2.24.